The third-order valence-corrected chi connectivity index (χ3v) is 4.96. The maximum Gasteiger partial charge on any atom is 0.355 e. The lowest BCUT2D eigenvalue weighted by atomic mass is 10.1. The number of nitrogens with zero attached hydrogens (tertiary/aromatic N) is 2. The van der Waals surface area contributed by atoms with E-state index >= 15 is 0 Å². The minimum absolute atomic E-state index is 0.0666. The van der Waals surface area contributed by atoms with Gasteiger partial charge in [0.05, 0.1) is 30.8 Å². The highest BCUT2D eigenvalue weighted by Gasteiger charge is 2.27. The number of esters is 2. The SMILES string of the molecule is COC(=O)C1=C(C(=O)OC)N(c2ccc3nc(-c4ccc(C)cc4)[nH]c3c2)C=CC=C1. The molecular formula is C24H21N3O4. The molecule has 0 saturated heterocycles. The van der Waals surface area contributed by atoms with Crippen molar-refractivity contribution >= 4 is 28.7 Å². The van der Waals surface area contributed by atoms with Gasteiger partial charge in [0.15, 0.2) is 0 Å². The van der Waals surface area contributed by atoms with Gasteiger partial charge in [-0.2, -0.15) is 0 Å². The fourth-order valence-electron chi connectivity index (χ4n) is 3.36. The van der Waals surface area contributed by atoms with Gasteiger partial charge in [-0.05, 0) is 37.3 Å². The molecule has 1 aliphatic heterocycles. The van der Waals surface area contributed by atoms with E-state index in [1.807, 2.05) is 49.4 Å². The van der Waals surface area contributed by atoms with Crippen molar-refractivity contribution in [1.82, 2.24) is 9.97 Å². The number of nitrogens with one attached hydrogen (secondary N) is 1. The largest absolute Gasteiger partial charge is 0.465 e. The number of allylic oxidation sites excluding steroid dienone is 2. The number of hydrogen-bond donors (Lipinski definition) is 1. The third-order valence-electron chi connectivity index (χ3n) is 4.96. The number of anilines is 1. The maximum absolute atomic E-state index is 12.6. The number of aryl methyl sites for hydroxylation is 1. The minimum atomic E-state index is -0.651. The van der Waals surface area contributed by atoms with Gasteiger partial charge in [-0.3, -0.25) is 0 Å². The van der Waals surface area contributed by atoms with E-state index < -0.39 is 11.9 Å². The number of imidazole rings is 1. The summed E-state index contributed by atoms with van der Waals surface area (Å²) in [7, 11) is 2.54. The van der Waals surface area contributed by atoms with Gasteiger partial charge < -0.3 is 19.4 Å². The number of aromatic nitrogens is 2. The lowest BCUT2D eigenvalue weighted by Gasteiger charge is -2.23. The van der Waals surface area contributed by atoms with Crippen molar-refractivity contribution in [3.05, 3.63) is 83.7 Å². The number of ether oxygens (including phenoxy) is 2. The first-order chi connectivity index (χ1) is 15.0. The molecule has 0 unspecified atom stereocenters. The molecule has 0 bridgehead atoms. The molecule has 3 aromatic rings. The van der Waals surface area contributed by atoms with Crippen molar-refractivity contribution in [3.8, 4) is 11.4 Å². The molecule has 0 radical (unpaired) electrons. The molecule has 0 aliphatic carbocycles. The van der Waals surface area contributed by atoms with Crippen molar-refractivity contribution in [2.24, 2.45) is 0 Å². The van der Waals surface area contributed by atoms with E-state index in [4.69, 9.17) is 9.47 Å². The Morgan fingerprint density at radius 3 is 2.42 bits per heavy atom. The number of hydrogen-bond acceptors (Lipinski definition) is 6. The standard InChI is InChI=1S/C24H21N3O4/c1-15-7-9-16(10-8-15)22-25-19-12-11-17(14-20(19)26-22)27-13-5-4-6-18(23(28)30-2)21(27)24(29)31-3/h4-14H,1-3H3,(H,25,26). The summed E-state index contributed by atoms with van der Waals surface area (Å²) in [5, 5.41) is 0. The summed E-state index contributed by atoms with van der Waals surface area (Å²) in [5.74, 6) is -0.532. The van der Waals surface area contributed by atoms with Crippen LogP contribution >= 0.6 is 0 Å². The van der Waals surface area contributed by atoms with Crippen LogP contribution in [0.3, 0.4) is 0 Å². The molecule has 1 aliphatic rings. The lowest BCUT2D eigenvalue weighted by molar-refractivity contribution is -0.139. The van der Waals surface area contributed by atoms with Crippen LogP contribution in [0.5, 0.6) is 0 Å². The van der Waals surface area contributed by atoms with Crippen molar-refractivity contribution < 1.29 is 19.1 Å². The zero-order chi connectivity index (χ0) is 22.0. The van der Waals surface area contributed by atoms with Gasteiger partial charge in [-0.1, -0.05) is 35.9 Å². The number of H-pyrrole nitrogens is 1. The zero-order valence-electron chi connectivity index (χ0n) is 17.4. The van der Waals surface area contributed by atoms with Gasteiger partial charge >= 0.3 is 11.9 Å². The lowest BCUT2D eigenvalue weighted by Crippen LogP contribution is -2.26. The second kappa shape index (κ2) is 8.31. The molecule has 0 spiro atoms. The predicted molar refractivity (Wildman–Crippen MR) is 118 cm³/mol. The molecule has 0 atom stereocenters. The first-order valence-electron chi connectivity index (χ1n) is 9.63. The zero-order valence-corrected chi connectivity index (χ0v) is 17.4. The van der Waals surface area contributed by atoms with Gasteiger partial charge in [0.1, 0.15) is 11.5 Å². The van der Waals surface area contributed by atoms with Crippen LogP contribution in [0.15, 0.2) is 78.2 Å². The summed E-state index contributed by atoms with van der Waals surface area (Å²) in [6.07, 6.45) is 6.61. The second-order valence-electron chi connectivity index (χ2n) is 6.97. The molecule has 156 valence electrons. The molecule has 4 rings (SSSR count). The Hall–Kier alpha value is -4.13. The number of methoxy groups -OCH3 is 2. The minimum Gasteiger partial charge on any atom is -0.465 e. The average Bonchev–Trinajstić information content (AvgIpc) is 3.09. The summed E-state index contributed by atoms with van der Waals surface area (Å²) < 4.78 is 9.81. The van der Waals surface area contributed by atoms with Crippen LogP contribution in [0, 0.1) is 6.92 Å². The van der Waals surface area contributed by atoms with Crippen molar-refractivity contribution in [2.45, 2.75) is 6.92 Å². The summed E-state index contributed by atoms with van der Waals surface area (Å²) in [6, 6.07) is 13.6. The van der Waals surface area contributed by atoms with Gasteiger partial charge in [0.25, 0.3) is 0 Å². The fraction of sp³-hybridized carbons (Fsp3) is 0.125. The Kier molecular flexibility index (Phi) is 5.41. The van der Waals surface area contributed by atoms with E-state index in [9.17, 15) is 9.59 Å². The number of fused-ring (bicyclic) bond motifs is 1. The van der Waals surface area contributed by atoms with Gasteiger partial charge in [-0.15, -0.1) is 0 Å². The molecule has 1 N–H and O–H groups in total. The molecular weight excluding hydrogens is 394 g/mol. The summed E-state index contributed by atoms with van der Waals surface area (Å²) >= 11 is 0. The third kappa shape index (κ3) is 3.85. The van der Waals surface area contributed by atoms with E-state index in [1.54, 1.807) is 23.3 Å². The smallest absolute Gasteiger partial charge is 0.355 e. The van der Waals surface area contributed by atoms with Gasteiger partial charge in [0, 0.05) is 17.5 Å². The first kappa shape index (κ1) is 20.2. The average molecular weight is 415 g/mol. The number of carbonyl (C=O) groups excluding carboxylic acids is 2. The van der Waals surface area contributed by atoms with E-state index in [0.29, 0.717) is 5.69 Å². The molecule has 0 saturated carbocycles. The van der Waals surface area contributed by atoms with Crippen molar-refractivity contribution in [3.63, 3.8) is 0 Å². The van der Waals surface area contributed by atoms with E-state index in [-0.39, 0.29) is 11.3 Å². The molecule has 0 amide bonds. The molecule has 31 heavy (non-hydrogen) atoms. The second-order valence-corrected chi connectivity index (χ2v) is 6.97. The van der Waals surface area contributed by atoms with Crippen molar-refractivity contribution in [1.29, 1.82) is 0 Å². The topological polar surface area (TPSA) is 84.5 Å². The molecule has 1 aromatic heterocycles. The van der Waals surface area contributed by atoms with Gasteiger partial charge in [-0.25, -0.2) is 14.6 Å². The van der Waals surface area contributed by atoms with Crippen LogP contribution in [-0.4, -0.2) is 36.1 Å². The van der Waals surface area contributed by atoms with Gasteiger partial charge in [0.2, 0.25) is 0 Å². The predicted octanol–water partition coefficient (Wildman–Crippen LogP) is 4.03. The highest BCUT2D eigenvalue weighted by molar-refractivity contribution is 6.05. The Bertz CT molecular complexity index is 1250. The highest BCUT2D eigenvalue weighted by atomic mass is 16.5. The van der Waals surface area contributed by atoms with E-state index in [2.05, 4.69) is 9.97 Å². The Morgan fingerprint density at radius 1 is 0.968 bits per heavy atom. The maximum atomic E-state index is 12.6. The Morgan fingerprint density at radius 2 is 1.71 bits per heavy atom. The normalized spacial score (nSPS) is 13.5. The molecule has 7 heteroatoms. The summed E-state index contributed by atoms with van der Waals surface area (Å²) in [5.41, 5.74) is 4.56. The molecule has 7 nitrogen and oxygen atoms in total. The summed E-state index contributed by atoms with van der Waals surface area (Å²) in [4.78, 5) is 34.5. The van der Waals surface area contributed by atoms with Crippen LogP contribution in [0.25, 0.3) is 22.4 Å². The van der Waals surface area contributed by atoms with Crippen molar-refractivity contribution in [2.75, 3.05) is 19.1 Å². The number of rotatable bonds is 4. The quantitative estimate of drug-likeness (QED) is 0.648. The highest BCUT2D eigenvalue weighted by Crippen LogP contribution is 2.30. The summed E-state index contributed by atoms with van der Waals surface area (Å²) in [6.45, 7) is 2.03. The van der Waals surface area contributed by atoms with Crippen LogP contribution in [0.4, 0.5) is 5.69 Å². The van der Waals surface area contributed by atoms with E-state index in [1.165, 1.54) is 25.9 Å². The Labute approximate surface area is 179 Å². The van der Waals surface area contributed by atoms with Crippen LogP contribution in [-0.2, 0) is 19.1 Å². The fourth-order valence-corrected chi connectivity index (χ4v) is 3.36. The molecule has 2 aromatic carbocycles. The van der Waals surface area contributed by atoms with Crippen LogP contribution < -0.4 is 4.90 Å². The Balaban J connectivity index is 1.81. The number of benzene rings is 2. The monoisotopic (exact) mass is 415 g/mol. The van der Waals surface area contributed by atoms with Crippen LogP contribution in [0.1, 0.15) is 5.56 Å². The van der Waals surface area contributed by atoms with E-state index in [0.717, 1.165) is 22.4 Å². The molecule has 2 heterocycles. The number of carbonyl (C=O) groups is 2. The number of aromatic amines is 1. The molecule has 0 fully saturated rings. The first-order valence-corrected chi connectivity index (χ1v) is 9.63. The van der Waals surface area contributed by atoms with Crippen LogP contribution in [0.2, 0.25) is 0 Å².